The first-order chi connectivity index (χ1) is 18.0. The van der Waals surface area contributed by atoms with Gasteiger partial charge in [0.1, 0.15) is 13.2 Å². The summed E-state index contributed by atoms with van der Waals surface area (Å²) in [5, 5.41) is 0. The van der Waals surface area contributed by atoms with Gasteiger partial charge in [-0.05, 0) is 52.6 Å². The molecule has 0 aromatic rings. The Morgan fingerprint density at radius 1 is 0.561 bits per heavy atom. The van der Waals surface area contributed by atoms with E-state index in [0.29, 0.717) is 50.2 Å². The van der Waals surface area contributed by atoms with Gasteiger partial charge in [-0.15, -0.1) is 49.6 Å². The molecule has 4 fully saturated rings. The molecule has 0 spiro atoms. The van der Waals surface area contributed by atoms with Gasteiger partial charge in [0.15, 0.2) is 0 Å². The van der Waals surface area contributed by atoms with Gasteiger partial charge in [-0.3, -0.25) is 19.4 Å². The molecule has 4 aliphatic heterocycles. The first kappa shape index (κ1) is 40.9. The number of likely N-dealkylation sites (N-methyl/N-ethyl adjacent to an activating group) is 2. The summed E-state index contributed by atoms with van der Waals surface area (Å²) < 4.78 is 11.1. The highest BCUT2D eigenvalue weighted by Gasteiger charge is 2.36. The first-order valence-electron chi connectivity index (χ1n) is 15.2. The highest BCUT2D eigenvalue weighted by Crippen LogP contribution is 2.28. The second kappa shape index (κ2) is 21.6. The lowest BCUT2D eigenvalue weighted by Gasteiger charge is -2.49. The summed E-state index contributed by atoms with van der Waals surface area (Å²) in [4.78, 5) is 34.3. The van der Waals surface area contributed by atoms with E-state index in [4.69, 9.17) is 9.47 Å². The lowest BCUT2D eigenvalue weighted by molar-refractivity contribution is -0.146. The zero-order valence-electron chi connectivity index (χ0n) is 25.2. The fourth-order valence-corrected chi connectivity index (χ4v) is 7.28. The van der Waals surface area contributed by atoms with E-state index in [1.54, 1.807) is 0 Å². The van der Waals surface area contributed by atoms with Gasteiger partial charge in [-0.2, -0.15) is 0 Å². The molecule has 0 saturated carbocycles. The number of nitrogens with zero attached hydrogens (tertiary/aromatic N) is 4. The van der Waals surface area contributed by atoms with Crippen molar-refractivity contribution < 1.29 is 19.1 Å². The molecule has 244 valence electrons. The number of halogens is 4. The number of fused-ring (bicyclic) bond motifs is 4. The molecule has 0 amide bonds. The molecule has 8 nitrogen and oxygen atoms in total. The van der Waals surface area contributed by atoms with Crippen LogP contribution in [0.15, 0.2) is 0 Å². The van der Waals surface area contributed by atoms with Crippen LogP contribution in [0.5, 0.6) is 0 Å². The number of carbonyl (C=O) groups excluding carboxylic acids is 2. The smallest absolute Gasteiger partial charge is 0.305 e. The molecule has 0 aromatic heterocycles. The Hall–Kier alpha value is -0.0600. The molecule has 12 heteroatoms. The third kappa shape index (κ3) is 13.2. The number of likely N-dealkylation sites (tertiary alicyclic amines) is 2. The predicted octanol–water partition coefficient (Wildman–Crippen LogP) is 4.83. The van der Waals surface area contributed by atoms with E-state index in [2.05, 4.69) is 33.7 Å². The van der Waals surface area contributed by atoms with Crippen molar-refractivity contribution in [2.24, 2.45) is 0 Å². The number of rotatable bonds is 14. The van der Waals surface area contributed by atoms with E-state index in [1.807, 2.05) is 0 Å². The number of unbranched alkanes of at least 4 members (excludes halogenated alkanes) is 4. The fraction of sp³-hybridized carbons (Fsp3) is 0.931. The Labute approximate surface area is 273 Å². The average molecular weight is 667 g/mol. The Morgan fingerprint density at radius 3 is 1.22 bits per heavy atom. The summed E-state index contributed by atoms with van der Waals surface area (Å²) in [5.41, 5.74) is 0. The van der Waals surface area contributed by atoms with Gasteiger partial charge in [0, 0.05) is 76.3 Å². The van der Waals surface area contributed by atoms with Gasteiger partial charge < -0.3 is 19.3 Å². The van der Waals surface area contributed by atoms with Gasteiger partial charge in [-0.1, -0.05) is 32.1 Å². The summed E-state index contributed by atoms with van der Waals surface area (Å²) in [6.45, 7) is 7.35. The van der Waals surface area contributed by atoms with E-state index >= 15 is 0 Å². The molecule has 4 unspecified atom stereocenters. The maximum absolute atomic E-state index is 12.1. The van der Waals surface area contributed by atoms with Crippen LogP contribution in [0.3, 0.4) is 0 Å². The van der Waals surface area contributed by atoms with Crippen molar-refractivity contribution >= 4 is 61.6 Å². The van der Waals surface area contributed by atoms with Crippen molar-refractivity contribution in [2.75, 3.05) is 66.6 Å². The third-order valence-corrected chi connectivity index (χ3v) is 9.10. The van der Waals surface area contributed by atoms with Crippen LogP contribution in [0.2, 0.25) is 0 Å². The number of piperazine rings is 2. The standard InChI is InChI=1S/C29H52N4O4.4ClH/c1-30-20-24-10-8-11-25(21-30)32(24)16-18-36-28(34)14-6-4-3-5-7-15-29(35)37-19-17-33-26-12-9-13-27(33)23-31(2)22-26;;;;/h24-27H,3-23H2,1-2H3;4*1H. The van der Waals surface area contributed by atoms with Crippen LogP contribution < -0.4 is 0 Å². The molecule has 41 heavy (non-hydrogen) atoms. The van der Waals surface area contributed by atoms with Gasteiger partial charge in [0.2, 0.25) is 0 Å². The van der Waals surface area contributed by atoms with Crippen molar-refractivity contribution in [3.05, 3.63) is 0 Å². The molecule has 4 bridgehead atoms. The molecule has 0 radical (unpaired) electrons. The molecular weight excluding hydrogens is 610 g/mol. The van der Waals surface area contributed by atoms with Crippen LogP contribution in [0.25, 0.3) is 0 Å². The zero-order chi connectivity index (χ0) is 26.0. The van der Waals surface area contributed by atoms with E-state index in [0.717, 1.165) is 71.4 Å². The Kier molecular flexibility index (Phi) is 21.6. The molecule has 0 aliphatic carbocycles. The normalized spacial score (nSPS) is 26.4. The summed E-state index contributed by atoms with van der Waals surface area (Å²) in [7, 11) is 4.43. The average Bonchev–Trinajstić information content (AvgIpc) is 2.84. The van der Waals surface area contributed by atoms with E-state index in [9.17, 15) is 9.59 Å². The molecule has 4 saturated heterocycles. The van der Waals surface area contributed by atoms with Crippen molar-refractivity contribution in [1.82, 2.24) is 19.6 Å². The highest BCUT2D eigenvalue weighted by molar-refractivity contribution is 5.86. The number of carbonyl (C=O) groups is 2. The van der Waals surface area contributed by atoms with E-state index in [1.165, 1.54) is 38.5 Å². The van der Waals surface area contributed by atoms with Crippen LogP contribution in [0.4, 0.5) is 0 Å². The first-order valence-corrected chi connectivity index (χ1v) is 15.2. The Morgan fingerprint density at radius 2 is 0.878 bits per heavy atom. The Bertz CT molecular complexity index is 655. The van der Waals surface area contributed by atoms with Gasteiger partial charge in [0.05, 0.1) is 0 Å². The maximum atomic E-state index is 12.1. The number of hydrogen-bond acceptors (Lipinski definition) is 8. The minimum absolute atomic E-state index is 0. The summed E-state index contributed by atoms with van der Waals surface area (Å²) in [6.07, 6.45) is 13.6. The predicted molar refractivity (Wildman–Crippen MR) is 174 cm³/mol. The minimum Gasteiger partial charge on any atom is -0.464 e. The van der Waals surface area contributed by atoms with Crippen LogP contribution in [-0.4, -0.2) is 122 Å². The van der Waals surface area contributed by atoms with Gasteiger partial charge >= 0.3 is 11.9 Å². The van der Waals surface area contributed by atoms with Gasteiger partial charge in [-0.25, -0.2) is 0 Å². The molecule has 0 aromatic carbocycles. The van der Waals surface area contributed by atoms with Crippen LogP contribution in [0.1, 0.15) is 83.5 Å². The monoisotopic (exact) mass is 664 g/mol. The largest absolute Gasteiger partial charge is 0.464 e. The summed E-state index contributed by atoms with van der Waals surface area (Å²) in [5.74, 6) is -0.125. The van der Waals surface area contributed by atoms with E-state index in [-0.39, 0.29) is 61.6 Å². The Balaban J connectivity index is 0.00000400. The van der Waals surface area contributed by atoms with Crippen LogP contribution in [-0.2, 0) is 19.1 Å². The molecule has 4 atom stereocenters. The topological polar surface area (TPSA) is 65.6 Å². The molecule has 4 heterocycles. The van der Waals surface area contributed by atoms with Crippen molar-refractivity contribution in [3.63, 3.8) is 0 Å². The number of hydrogen-bond donors (Lipinski definition) is 0. The quantitative estimate of drug-likeness (QED) is 0.193. The number of ether oxygens (including phenoxy) is 2. The van der Waals surface area contributed by atoms with Crippen LogP contribution >= 0.6 is 49.6 Å². The highest BCUT2D eigenvalue weighted by atomic mass is 35.5. The van der Waals surface area contributed by atoms with Crippen LogP contribution in [0, 0.1) is 0 Å². The fourth-order valence-electron chi connectivity index (χ4n) is 7.28. The summed E-state index contributed by atoms with van der Waals surface area (Å²) in [6, 6.07) is 2.52. The number of piperidine rings is 2. The second-order valence-corrected chi connectivity index (χ2v) is 12.1. The second-order valence-electron chi connectivity index (χ2n) is 12.1. The number of esters is 2. The minimum atomic E-state index is -0.0626. The third-order valence-electron chi connectivity index (χ3n) is 9.10. The van der Waals surface area contributed by atoms with Gasteiger partial charge in [0.25, 0.3) is 0 Å². The molecule has 4 rings (SSSR count). The van der Waals surface area contributed by atoms with Crippen molar-refractivity contribution in [2.45, 2.75) is 108 Å². The van der Waals surface area contributed by atoms with Crippen molar-refractivity contribution in [1.29, 1.82) is 0 Å². The summed E-state index contributed by atoms with van der Waals surface area (Å²) >= 11 is 0. The maximum Gasteiger partial charge on any atom is 0.305 e. The SMILES string of the molecule is CN1CC2CCCC(C1)N2CCOC(=O)CCCCCCCC(=O)OCCN1C2CCCC1CN(C)C2.Cl.Cl.Cl.Cl. The van der Waals surface area contributed by atoms with Crippen molar-refractivity contribution in [3.8, 4) is 0 Å². The zero-order valence-corrected chi connectivity index (χ0v) is 28.5. The molecule has 0 N–H and O–H groups in total. The molecular formula is C29H56Cl4N4O4. The molecule has 4 aliphatic rings. The lowest BCUT2D eigenvalue weighted by Crippen LogP contribution is -2.60. The lowest BCUT2D eigenvalue weighted by atomic mass is 9.91. The van der Waals surface area contributed by atoms with E-state index < -0.39 is 0 Å².